The average molecular weight is 251 g/mol. The van der Waals surface area contributed by atoms with E-state index in [0.29, 0.717) is 0 Å². The molecule has 1 saturated carbocycles. The van der Waals surface area contributed by atoms with Crippen LogP contribution in [0.2, 0.25) is 0 Å². The van der Waals surface area contributed by atoms with Gasteiger partial charge in [0.1, 0.15) is 0 Å². The van der Waals surface area contributed by atoms with Gasteiger partial charge in [-0.25, -0.2) is 0 Å². The number of aromatic nitrogens is 2. The minimum atomic E-state index is -0.0418. The molecule has 4 heteroatoms. The van der Waals surface area contributed by atoms with Crippen LogP contribution in [0.5, 0.6) is 0 Å². The monoisotopic (exact) mass is 251 g/mol. The maximum absolute atomic E-state index is 9.68. The fraction of sp³-hybridized carbons (Fsp3) is 0.786. The predicted octanol–water partition coefficient (Wildman–Crippen LogP) is 1.49. The Balaban J connectivity index is 1.83. The lowest BCUT2D eigenvalue weighted by Gasteiger charge is -2.39. The zero-order valence-electron chi connectivity index (χ0n) is 11.5. The Morgan fingerprint density at radius 1 is 1.61 bits per heavy atom. The number of aryl methyl sites for hydroxylation is 1. The molecule has 0 spiro atoms. The zero-order chi connectivity index (χ0) is 13.0. The minimum absolute atomic E-state index is 0.0418. The summed E-state index contributed by atoms with van der Waals surface area (Å²) in [5, 5.41) is 17.4. The third-order valence-electron chi connectivity index (χ3n) is 4.07. The lowest BCUT2D eigenvalue weighted by Crippen LogP contribution is -2.52. The lowest BCUT2D eigenvalue weighted by atomic mass is 9.77. The first-order valence-electron chi connectivity index (χ1n) is 6.97. The van der Waals surface area contributed by atoms with E-state index >= 15 is 0 Å². The molecule has 4 nitrogen and oxygen atoms in total. The third-order valence-corrected chi connectivity index (χ3v) is 4.07. The molecule has 1 aromatic heterocycles. The smallest absolute Gasteiger partial charge is 0.0613 e. The summed E-state index contributed by atoms with van der Waals surface area (Å²) in [5.74, 6) is 0.719. The van der Waals surface area contributed by atoms with Crippen molar-refractivity contribution in [3.8, 4) is 0 Å². The van der Waals surface area contributed by atoms with Crippen LogP contribution >= 0.6 is 0 Å². The lowest BCUT2D eigenvalue weighted by molar-refractivity contribution is 0.100. The van der Waals surface area contributed by atoms with Crippen LogP contribution in [0.4, 0.5) is 0 Å². The summed E-state index contributed by atoms with van der Waals surface area (Å²) in [6, 6.07) is 0. The highest BCUT2D eigenvalue weighted by atomic mass is 16.3. The van der Waals surface area contributed by atoms with Gasteiger partial charge in [-0.3, -0.25) is 4.68 Å². The largest absolute Gasteiger partial charge is 0.394 e. The second kappa shape index (κ2) is 5.85. The summed E-state index contributed by atoms with van der Waals surface area (Å²) in [6.45, 7) is 3.45. The van der Waals surface area contributed by atoms with Crippen molar-refractivity contribution in [1.29, 1.82) is 0 Å². The standard InChI is InChI=1S/C14H25N3O/c1-12-4-3-6-14(8-12,11-18)15-7-5-13-9-16-17(2)10-13/h9-10,12,15,18H,3-8,11H2,1-2H3. The molecule has 0 aliphatic heterocycles. The molecule has 0 amide bonds. The highest BCUT2D eigenvalue weighted by Gasteiger charge is 2.33. The van der Waals surface area contributed by atoms with Crippen molar-refractivity contribution >= 4 is 0 Å². The first-order chi connectivity index (χ1) is 8.63. The van der Waals surface area contributed by atoms with Crippen molar-refractivity contribution in [3.05, 3.63) is 18.0 Å². The molecule has 18 heavy (non-hydrogen) atoms. The molecule has 102 valence electrons. The second-order valence-corrected chi connectivity index (χ2v) is 5.84. The van der Waals surface area contributed by atoms with Gasteiger partial charge < -0.3 is 10.4 Å². The van der Waals surface area contributed by atoms with Crippen LogP contribution in [0, 0.1) is 5.92 Å². The van der Waals surface area contributed by atoms with E-state index in [-0.39, 0.29) is 12.1 Å². The first kappa shape index (κ1) is 13.6. The quantitative estimate of drug-likeness (QED) is 0.833. The molecule has 0 bridgehead atoms. The topological polar surface area (TPSA) is 50.1 Å². The molecule has 1 aliphatic carbocycles. The molecule has 2 rings (SSSR count). The predicted molar refractivity (Wildman–Crippen MR) is 72.4 cm³/mol. The molecule has 1 aromatic rings. The van der Waals surface area contributed by atoms with Gasteiger partial charge in [0.2, 0.25) is 0 Å². The van der Waals surface area contributed by atoms with E-state index in [0.717, 1.165) is 31.7 Å². The Bertz CT molecular complexity index is 377. The van der Waals surface area contributed by atoms with Gasteiger partial charge in [0.25, 0.3) is 0 Å². The highest BCUT2D eigenvalue weighted by molar-refractivity contribution is 5.04. The summed E-state index contributed by atoms with van der Waals surface area (Å²) in [5.41, 5.74) is 1.21. The Labute approximate surface area is 109 Å². The normalized spacial score (nSPS) is 28.5. The van der Waals surface area contributed by atoms with Crippen molar-refractivity contribution in [2.75, 3.05) is 13.2 Å². The first-order valence-corrected chi connectivity index (χ1v) is 6.97. The maximum atomic E-state index is 9.68. The molecule has 2 atom stereocenters. The number of aliphatic hydroxyl groups is 1. The van der Waals surface area contributed by atoms with E-state index in [1.165, 1.54) is 18.4 Å². The van der Waals surface area contributed by atoms with Crippen LogP contribution < -0.4 is 5.32 Å². The summed E-state index contributed by atoms with van der Waals surface area (Å²) in [6.07, 6.45) is 9.66. The van der Waals surface area contributed by atoms with E-state index in [1.54, 1.807) is 0 Å². The Hall–Kier alpha value is -0.870. The van der Waals surface area contributed by atoms with Crippen LogP contribution in [0.3, 0.4) is 0 Å². The van der Waals surface area contributed by atoms with Gasteiger partial charge in [-0.1, -0.05) is 19.8 Å². The van der Waals surface area contributed by atoms with Gasteiger partial charge in [0.05, 0.1) is 12.8 Å². The second-order valence-electron chi connectivity index (χ2n) is 5.84. The molecule has 0 aromatic carbocycles. The molecular formula is C14H25N3O. The Morgan fingerprint density at radius 2 is 2.44 bits per heavy atom. The van der Waals surface area contributed by atoms with Crippen molar-refractivity contribution in [1.82, 2.24) is 15.1 Å². The van der Waals surface area contributed by atoms with Gasteiger partial charge in [-0.05, 0) is 37.3 Å². The highest BCUT2D eigenvalue weighted by Crippen LogP contribution is 2.31. The summed E-state index contributed by atoms with van der Waals surface area (Å²) >= 11 is 0. The van der Waals surface area contributed by atoms with E-state index in [1.807, 2.05) is 17.9 Å². The molecule has 0 radical (unpaired) electrons. The van der Waals surface area contributed by atoms with Crippen LogP contribution in [-0.4, -0.2) is 33.6 Å². The van der Waals surface area contributed by atoms with Gasteiger partial charge in [-0.15, -0.1) is 0 Å². The van der Waals surface area contributed by atoms with Crippen LogP contribution in [0.1, 0.15) is 38.2 Å². The van der Waals surface area contributed by atoms with Crippen molar-refractivity contribution in [2.24, 2.45) is 13.0 Å². The van der Waals surface area contributed by atoms with Crippen LogP contribution in [0.25, 0.3) is 0 Å². The third kappa shape index (κ3) is 3.33. The van der Waals surface area contributed by atoms with Crippen LogP contribution in [0.15, 0.2) is 12.4 Å². The van der Waals surface area contributed by atoms with E-state index in [2.05, 4.69) is 23.5 Å². The van der Waals surface area contributed by atoms with Crippen molar-refractivity contribution < 1.29 is 5.11 Å². The molecule has 1 aliphatic rings. The maximum Gasteiger partial charge on any atom is 0.0613 e. The van der Waals surface area contributed by atoms with E-state index < -0.39 is 0 Å². The number of nitrogens with one attached hydrogen (secondary N) is 1. The summed E-state index contributed by atoms with van der Waals surface area (Å²) < 4.78 is 1.83. The number of aliphatic hydroxyl groups excluding tert-OH is 1. The summed E-state index contributed by atoms with van der Waals surface area (Å²) in [7, 11) is 1.94. The average Bonchev–Trinajstić information content (AvgIpc) is 2.75. The fourth-order valence-electron chi connectivity index (χ4n) is 3.09. The SMILES string of the molecule is CC1CCCC(CO)(NCCc2cnn(C)c2)C1. The molecule has 2 unspecified atom stereocenters. The van der Waals surface area contributed by atoms with Crippen molar-refractivity contribution in [2.45, 2.75) is 44.6 Å². The van der Waals surface area contributed by atoms with Gasteiger partial charge in [0, 0.05) is 18.8 Å². The number of hydrogen-bond acceptors (Lipinski definition) is 3. The van der Waals surface area contributed by atoms with Gasteiger partial charge in [-0.2, -0.15) is 5.10 Å². The molecule has 1 heterocycles. The molecular weight excluding hydrogens is 226 g/mol. The Morgan fingerprint density at radius 3 is 3.06 bits per heavy atom. The summed E-state index contributed by atoms with van der Waals surface area (Å²) in [4.78, 5) is 0. The van der Waals surface area contributed by atoms with Gasteiger partial charge >= 0.3 is 0 Å². The van der Waals surface area contributed by atoms with E-state index in [4.69, 9.17) is 0 Å². The number of nitrogens with zero attached hydrogens (tertiary/aromatic N) is 2. The van der Waals surface area contributed by atoms with Crippen LogP contribution in [-0.2, 0) is 13.5 Å². The van der Waals surface area contributed by atoms with Gasteiger partial charge in [0.15, 0.2) is 0 Å². The minimum Gasteiger partial charge on any atom is -0.394 e. The van der Waals surface area contributed by atoms with E-state index in [9.17, 15) is 5.11 Å². The number of hydrogen-bond donors (Lipinski definition) is 2. The molecule has 1 fully saturated rings. The number of rotatable bonds is 5. The van der Waals surface area contributed by atoms with Crippen molar-refractivity contribution in [3.63, 3.8) is 0 Å². The molecule has 2 N–H and O–H groups in total. The fourth-order valence-corrected chi connectivity index (χ4v) is 3.09. The Kier molecular flexibility index (Phi) is 4.40. The zero-order valence-corrected chi connectivity index (χ0v) is 11.5. The molecule has 0 saturated heterocycles.